The van der Waals surface area contributed by atoms with Crippen molar-refractivity contribution < 1.29 is 0 Å². The minimum atomic E-state index is 0.0434. The summed E-state index contributed by atoms with van der Waals surface area (Å²) in [6.45, 7) is 6.64. The van der Waals surface area contributed by atoms with E-state index in [0.29, 0.717) is 0 Å². The summed E-state index contributed by atoms with van der Waals surface area (Å²) in [4.78, 5) is 5.00. The fraction of sp³-hybridized carbons (Fsp3) is 0.148. The highest BCUT2D eigenvalue weighted by Gasteiger charge is 2.17. The van der Waals surface area contributed by atoms with Gasteiger partial charge in [0.15, 0.2) is 0 Å². The molecule has 0 unspecified atom stereocenters. The van der Waals surface area contributed by atoms with Crippen molar-refractivity contribution in [2.75, 3.05) is 5.73 Å². The Morgan fingerprint density at radius 3 is 1.83 bits per heavy atom. The molecular formula is C27H26N2. The number of benzene rings is 3. The highest BCUT2D eigenvalue weighted by atomic mass is 14.7. The Morgan fingerprint density at radius 1 is 0.621 bits per heavy atom. The second-order valence-electron chi connectivity index (χ2n) is 8.41. The lowest BCUT2D eigenvalue weighted by Gasteiger charge is -2.21. The Bertz CT molecular complexity index is 1070. The van der Waals surface area contributed by atoms with Gasteiger partial charge in [-0.3, -0.25) is 0 Å². The number of nitrogens with zero attached hydrogens (tertiary/aromatic N) is 1. The molecule has 0 atom stereocenters. The maximum absolute atomic E-state index is 6.40. The lowest BCUT2D eigenvalue weighted by atomic mass is 9.85. The minimum absolute atomic E-state index is 0.0434. The summed E-state index contributed by atoms with van der Waals surface area (Å²) >= 11 is 0. The summed E-state index contributed by atoms with van der Waals surface area (Å²) in [5.74, 6) is 0. The first-order valence-electron chi connectivity index (χ1n) is 9.95. The van der Waals surface area contributed by atoms with Crippen LogP contribution in [0.2, 0.25) is 0 Å². The van der Waals surface area contributed by atoms with Crippen LogP contribution in [0, 0.1) is 0 Å². The van der Waals surface area contributed by atoms with Crippen LogP contribution in [0.1, 0.15) is 26.3 Å². The van der Waals surface area contributed by atoms with Gasteiger partial charge in [-0.25, -0.2) is 4.98 Å². The molecule has 2 N–H and O–H groups in total. The predicted molar refractivity (Wildman–Crippen MR) is 124 cm³/mol. The van der Waals surface area contributed by atoms with Gasteiger partial charge in [-0.1, -0.05) is 87.5 Å². The van der Waals surface area contributed by atoms with Gasteiger partial charge in [0.25, 0.3) is 0 Å². The van der Waals surface area contributed by atoms with E-state index in [1.165, 1.54) is 11.1 Å². The van der Waals surface area contributed by atoms with Crippen LogP contribution in [0.3, 0.4) is 0 Å². The van der Waals surface area contributed by atoms with Gasteiger partial charge < -0.3 is 5.73 Å². The summed E-state index contributed by atoms with van der Waals surface area (Å²) in [7, 11) is 0. The summed E-state index contributed by atoms with van der Waals surface area (Å²) < 4.78 is 0. The molecule has 2 heteroatoms. The van der Waals surface area contributed by atoms with E-state index in [4.69, 9.17) is 10.7 Å². The van der Waals surface area contributed by atoms with Crippen molar-refractivity contribution in [2.24, 2.45) is 0 Å². The molecule has 0 radical (unpaired) electrons. The SMILES string of the molecule is CC(C)(C)c1ccc(N)c(-c2cc(-c3ccccc3)cc(-c3ccccc3)n2)c1. The Labute approximate surface area is 173 Å². The van der Waals surface area contributed by atoms with E-state index in [0.717, 1.165) is 33.8 Å². The van der Waals surface area contributed by atoms with Gasteiger partial charge in [0.1, 0.15) is 0 Å². The van der Waals surface area contributed by atoms with Crippen molar-refractivity contribution in [3.05, 3.63) is 96.6 Å². The van der Waals surface area contributed by atoms with Crippen LogP contribution in [0.5, 0.6) is 0 Å². The number of anilines is 1. The average Bonchev–Trinajstić information content (AvgIpc) is 2.74. The number of hydrogen-bond acceptors (Lipinski definition) is 2. The van der Waals surface area contributed by atoms with Crippen molar-refractivity contribution in [1.82, 2.24) is 4.98 Å². The van der Waals surface area contributed by atoms with E-state index >= 15 is 0 Å². The second kappa shape index (κ2) is 7.56. The lowest BCUT2D eigenvalue weighted by Crippen LogP contribution is -2.11. The minimum Gasteiger partial charge on any atom is -0.398 e. The first-order valence-corrected chi connectivity index (χ1v) is 9.95. The molecule has 3 aromatic carbocycles. The molecule has 1 heterocycles. The molecule has 0 saturated heterocycles. The summed E-state index contributed by atoms with van der Waals surface area (Å²) in [6, 6.07) is 31.3. The van der Waals surface area contributed by atoms with Crippen molar-refractivity contribution in [3.8, 4) is 33.6 Å². The van der Waals surface area contributed by atoms with Crippen molar-refractivity contribution >= 4 is 5.69 Å². The normalized spacial score (nSPS) is 11.4. The topological polar surface area (TPSA) is 38.9 Å². The van der Waals surface area contributed by atoms with E-state index in [1.807, 2.05) is 30.3 Å². The zero-order chi connectivity index (χ0) is 20.4. The molecule has 0 amide bonds. The van der Waals surface area contributed by atoms with Crippen molar-refractivity contribution in [3.63, 3.8) is 0 Å². The van der Waals surface area contributed by atoms with Gasteiger partial charge >= 0.3 is 0 Å². The molecule has 0 bridgehead atoms. The Morgan fingerprint density at radius 2 is 1.21 bits per heavy atom. The van der Waals surface area contributed by atoms with Crippen LogP contribution < -0.4 is 5.73 Å². The Hall–Kier alpha value is -3.39. The number of aromatic nitrogens is 1. The summed E-state index contributed by atoms with van der Waals surface area (Å²) in [5, 5.41) is 0. The van der Waals surface area contributed by atoms with Gasteiger partial charge in [0.05, 0.1) is 11.4 Å². The van der Waals surface area contributed by atoms with E-state index in [1.54, 1.807) is 0 Å². The lowest BCUT2D eigenvalue weighted by molar-refractivity contribution is 0.590. The molecule has 4 rings (SSSR count). The highest BCUT2D eigenvalue weighted by molar-refractivity contribution is 5.81. The molecule has 1 aromatic heterocycles. The zero-order valence-corrected chi connectivity index (χ0v) is 17.2. The quantitative estimate of drug-likeness (QED) is 0.391. The first kappa shape index (κ1) is 18.9. The standard InChI is InChI=1S/C27H26N2/c1-27(2,3)22-14-15-24(28)23(18-22)26-17-21(19-10-6-4-7-11-19)16-25(29-26)20-12-8-5-9-13-20/h4-18H,28H2,1-3H3. The molecule has 29 heavy (non-hydrogen) atoms. The number of nitrogen functional groups attached to an aromatic ring is 1. The number of rotatable bonds is 3. The van der Waals surface area contributed by atoms with Crippen LogP contribution in [0.15, 0.2) is 91.0 Å². The smallest absolute Gasteiger partial charge is 0.0736 e. The summed E-state index contributed by atoms with van der Waals surface area (Å²) in [5.41, 5.74) is 14.7. The average molecular weight is 379 g/mol. The highest BCUT2D eigenvalue weighted by Crippen LogP contribution is 2.35. The van der Waals surface area contributed by atoms with Crippen molar-refractivity contribution in [2.45, 2.75) is 26.2 Å². The third kappa shape index (κ3) is 4.07. The maximum Gasteiger partial charge on any atom is 0.0736 e. The van der Waals surface area contributed by atoms with Crippen LogP contribution in [-0.4, -0.2) is 4.98 Å². The molecule has 0 saturated carbocycles. The molecule has 4 aromatic rings. The molecule has 0 aliphatic carbocycles. The molecule has 2 nitrogen and oxygen atoms in total. The van der Waals surface area contributed by atoms with E-state index in [9.17, 15) is 0 Å². The zero-order valence-electron chi connectivity index (χ0n) is 17.2. The largest absolute Gasteiger partial charge is 0.398 e. The van der Waals surface area contributed by atoms with Gasteiger partial charge in [-0.15, -0.1) is 0 Å². The molecule has 0 aliphatic heterocycles. The van der Waals surface area contributed by atoms with Crippen LogP contribution in [0.25, 0.3) is 33.6 Å². The Kier molecular flexibility index (Phi) is 4.94. The maximum atomic E-state index is 6.40. The third-order valence-electron chi connectivity index (χ3n) is 5.20. The fourth-order valence-electron chi connectivity index (χ4n) is 3.47. The Balaban J connectivity index is 1.94. The van der Waals surface area contributed by atoms with Gasteiger partial charge in [-0.2, -0.15) is 0 Å². The monoisotopic (exact) mass is 378 g/mol. The molecule has 0 spiro atoms. The second-order valence-corrected chi connectivity index (χ2v) is 8.41. The van der Waals surface area contributed by atoms with Crippen LogP contribution >= 0.6 is 0 Å². The summed E-state index contributed by atoms with van der Waals surface area (Å²) in [6.07, 6.45) is 0. The van der Waals surface area contributed by atoms with Crippen LogP contribution in [0.4, 0.5) is 5.69 Å². The van der Waals surface area contributed by atoms with Crippen LogP contribution in [-0.2, 0) is 5.41 Å². The molecule has 0 fully saturated rings. The first-order chi connectivity index (χ1) is 13.9. The van der Waals surface area contributed by atoms with Gasteiger partial charge in [-0.05, 0) is 46.4 Å². The van der Waals surface area contributed by atoms with Gasteiger partial charge in [0.2, 0.25) is 0 Å². The number of pyridine rings is 1. The fourth-order valence-corrected chi connectivity index (χ4v) is 3.47. The molecular weight excluding hydrogens is 352 g/mol. The predicted octanol–water partition coefficient (Wildman–Crippen LogP) is 6.96. The van der Waals surface area contributed by atoms with E-state index in [-0.39, 0.29) is 5.41 Å². The van der Waals surface area contributed by atoms with E-state index in [2.05, 4.69) is 81.4 Å². The number of hydrogen-bond donors (Lipinski definition) is 1. The van der Waals surface area contributed by atoms with E-state index < -0.39 is 0 Å². The van der Waals surface area contributed by atoms with Crippen molar-refractivity contribution in [1.29, 1.82) is 0 Å². The molecule has 144 valence electrons. The third-order valence-corrected chi connectivity index (χ3v) is 5.20. The molecule has 0 aliphatic rings. The van der Waals surface area contributed by atoms with Gasteiger partial charge in [0, 0.05) is 16.8 Å². The number of nitrogens with two attached hydrogens (primary N) is 1.